The summed E-state index contributed by atoms with van der Waals surface area (Å²) in [5.74, 6) is -0.206. The molecule has 0 saturated carbocycles. The zero-order chi connectivity index (χ0) is 18.4. The van der Waals surface area contributed by atoms with Crippen molar-refractivity contribution in [2.24, 2.45) is 0 Å². The van der Waals surface area contributed by atoms with Gasteiger partial charge in [-0.05, 0) is 24.3 Å². The average molecular weight is 354 g/mol. The van der Waals surface area contributed by atoms with Gasteiger partial charge in [0.1, 0.15) is 0 Å². The van der Waals surface area contributed by atoms with E-state index in [1.165, 1.54) is 30.0 Å². The normalized spacial score (nSPS) is 14.8. The number of hydrogen-bond donors (Lipinski definition) is 1. The lowest BCUT2D eigenvalue weighted by molar-refractivity contribution is -0.384. The summed E-state index contributed by atoms with van der Waals surface area (Å²) in [5, 5.41) is 13.5. The molecule has 0 spiro atoms. The Morgan fingerprint density at radius 2 is 1.65 bits per heavy atom. The van der Waals surface area contributed by atoms with Crippen molar-refractivity contribution in [1.82, 2.24) is 10.2 Å². The van der Waals surface area contributed by atoms with E-state index in [4.69, 9.17) is 0 Å². The second kappa shape index (κ2) is 8.44. The number of carbonyl (C=O) groups excluding carboxylic acids is 1. The van der Waals surface area contributed by atoms with Crippen molar-refractivity contribution in [3.05, 3.63) is 70.3 Å². The predicted octanol–water partition coefficient (Wildman–Crippen LogP) is 2.15. The third kappa shape index (κ3) is 4.58. The number of hydrogen-bond acceptors (Lipinski definition) is 5. The number of nitrogens with one attached hydrogen (secondary N) is 1. The van der Waals surface area contributed by atoms with Crippen LogP contribution >= 0.6 is 0 Å². The molecule has 1 aliphatic rings. The first-order valence-corrected chi connectivity index (χ1v) is 8.68. The van der Waals surface area contributed by atoms with Crippen LogP contribution in [0, 0.1) is 10.1 Å². The Balaban J connectivity index is 1.40. The van der Waals surface area contributed by atoms with E-state index in [-0.39, 0.29) is 11.6 Å². The standard InChI is InChI=1S/C19H22N4O3/c24-19(16-6-8-18(9-7-16)23(25)26)20-10-11-21-12-14-22(15-13-21)17-4-2-1-3-5-17/h1-9H,10-15H2,(H,20,24). The van der Waals surface area contributed by atoms with E-state index in [1.54, 1.807) is 0 Å². The summed E-state index contributed by atoms with van der Waals surface area (Å²) >= 11 is 0. The topological polar surface area (TPSA) is 78.7 Å². The highest BCUT2D eigenvalue weighted by molar-refractivity contribution is 5.94. The van der Waals surface area contributed by atoms with Crippen molar-refractivity contribution in [3.8, 4) is 0 Å². The molecule has 0 aromatic heterocycles. The molecule has 7 nitrogen and oxygen atoms in total. The molecule has 2 aromatic carbocycles. The summed E-state index contributed by atoms with van der Waals surface area (Å²) in [6.07, 6.45) is 0. The maximum Gasteiger partial charge on any atom is 0.269 e. The van der Waals surface area contributed by atoms with Crippen LogP contribution in [-0.2, 0) is 0 Å². The van der Waals surface area contributed by atoms with E-state index in [0.717, 1.165) is 32.7 Å². The number of nitrogens with zero attached hydrogens (tertiary/aromatic N) is 3. The van der Waals surface area contributed by atoms with Gasteiger partial charge in [0.05, 0.1) is 4.92 Å². The first-order valence-electron chi connectivity index (χ1n) is 8.68. The lowest BCUT2D eigenvalue weighted by atomic mass is 10.2. The van der Waals surface area contributed by atoms with Gasteiger partial charge in [-0.2, -0.15) is 0 Å². The van der Waals surface area contributed by atoms with Crippen molar-refractivity contribution in [1.29, 1.82) is 0 Å². The molecule has 0 aliphatic carbocycles. The molecule has 3 rings (SSSR count). The van der Waals surface area contributed by atoms with Crippen LogP contribution in [0.4, 0.5) is 11.4 Å². The van der Waals surface area contributed by atoms with Crippen LogP contribution in [0.3, 0.4) is 0 Å². The number of rotatable bonds is 6. The van der Waals surface area contributed by atoms with Crippen molar-refractivity contribution in [2.75, 3.05) is 44.2 Å². The van der Waals surface area contributed by atoms with Crippen LogP contribution in [0.1, 0.15) is 10.4 Å². The predicted molar refractivity (Wildman–Crippen MR) is 101 cm³/mol. The summed E-state index contributed by atoms with van der Waals surface area (Å²) in [6.45, 7) is 5.22. The molecule has 1 amide bonds. The number of piperazine rings is 1. The quantitative estimate of drug-likeness (QED) is 0.635. The first-order chi connectivity index (χ1) is 12.6. The van der Waals surface area contributed by atoms with Gasteiger partial charge in [-0.25, -0.2) is 0 Å². The third-order valence-electron chi connectivity index (χ3n) is 4.55. The molecule has 1 N–H and O–H groups in total. The minimum Gasteiger partial charge on any atom is -0.369 e. The number of carbonyl (C=O) groups is 1. The second-order valence-electron chi connectivity index (χ2n) is 6.22. The minimum atomic E-state index is -0.475. The number of para-hydroxylation sites is 1. The minimum absolute atomic E-state index is 0.0159. The summed E-state index contributed by atoms with van der Waals surface area (Å²) in [5.41, 5.74) is 1.67. The molecule has 0 atom stereocenters. The van der Waals surface area contributed by atoms with Gasteiger partial charge in [-0.1, -0.05) is 18.2 Å². The SMILES string of the molecule is O=C(NCCN1CCN(c2ccccc2)CC1)c1ccc([N+](=O)[O-])cc1. The third-order valence-corrected chi connectivity index (χ3v) is 4.55. The zero-order valence-corrected chi connectivity index (χ0v) is 14.5. The van der Waals surface area contributed by atoms with E-state index in [0.29, 0.717) is 12.1 Å². The van der Waals surface area contributed by atoms with Crippen molar-refractivity contribution in [2.45, 2.75) is 0 Å². The molecule has 2 aromatic rings. The highest BCUT2D eigenvalue weighted by atomic mass is 16.6. The van der Waals surface area contributed by atoms with Gasteiger partial charge in [-0.15, -0.1) is 0 Å². The van der Waals surface area contributed by atoms with Gasteiger partial charge in [0.15, 0.2) is 0 Å². The van der Waals surface area contributed by atoms with Crippen LogP contribution in [0.2, 0.25) is 0 Å². The van der Waals surface area contributed by atoms with Crippen LogP contribution < -0.4 is 10.2 Å². The van der Waals surface area contributed by atoms with Gasteiger partial charge < -0.3 is 10.2 Å². The van der Waals surface area contributed by atoms with E-state index in [9.17, 15) is 14.9 Å². The Kier molecular flexibility index (Phi) is 5.80. The van der Waals surface area contributed by atoms with Crippen LogP contribution in [0.15, 0.2) is 54.6 Å². The average Bonchev–Trinajstić information content (AvgIpc) is 2.69. The molecule has 0 bridgehead atoms. The van der Waals surface area contributed by atoms with E-state index in [1.807, 2.05) is 6.07 Å². The summed E-state index contributed by atoms with van der Waals surface area (Å²) in [4.78, 5) is 27.0. The Morgan fingerprint density at radius 3 is 2.27 bits per heavy atom. The lowest BCUT2D eigenvalue weighted by Gasteiger charge is -2.36. The van der Waals surface area contributed by atoms with Gasteiger partial charge >= 0.3 is 0 Å². The lowest BCUT2D eigenvalue weighted by Crippen LogP contribution is -2.48. The van der Waals surface area contributed by atoms with Crippen molar-refractivity contribution >= 4 is 17.3 Å². The Labute approximate surface area is 152 Å². The molecule has 1 fully saturated rings. The monoisotopic (exact) mass is 354 g/mol. The fourth-order valence-corrected chi connectivity index (χ4v) is 3.03. The second-order valence-corrected chi connectivity index (χ2v) is 6.22. The van der Waals surface area contributed by atoms with E-state index >= 15 is 0 Å². The summed E-state index contributed by atoms with van der Waals surface area (Å²) < 4.78 is 0. The molecular weight excluding hydrogens is 332 g/mol. The largest absolute Gasteiger partial charge is 0.369 e. The maximum absolute atomic E-state index is 12.1. The molecule has 1 heterocycles. The molecular formula is C19H22N4O3. The molecule has 0 unspecified atom stereocenters. The number of benzene rings is 2. The van der Waals surface area contributed by atoms with Crippen LogP contribution in [-0.4, -0.2) is 55.0 Å². The highest BCUT2D eigenvalue weighted by Crippen LogP contribution is 2.15. The number of anilines is 1. The highest BCUT2D eigenvalue weighted by Gasteiger charge is 2.17. The molecule has 136 valence electrons. The Bertz CT molecular complexity index is 741. The number of amides is 1. The summed E-state index contributed by atoms with van der Waals surface area (Å²) in [7, 11) is 0. The van der Waals surface area contributed by atoms with Crippen molar-refractivity contribution in [3.63, 3.8) is 0 Å². The fourth-order valence-electron chi connectivity index (χ4n) is 3.03. The van der Waals surface area contributed by atoms with Gasteiger partial charge in [0.25, 0.3) is 11.6 Å². The smallest absolute Gasteiger partial charge is 0.269 e. The Hall–Kier alpha value is -2.93. The van der Waals surface area contributed by atoms with Crippen molar-refractivity contribution < 1.29 is 9.72 Å². The van der Waals surface area contributed by atoms with Gasteiger partial charge in [0, 0.05) is 62.7 Å². The van der Waals surface area contributed by atoms with Gasteiger partial charge in [0.2, 0.25) is 0 Å². The number of nitro groups is 1. The maximum atomic E-state index is 12.1. The molecule has 1 aliphatic heterocycles. The Morgan fingerprint density at radius 1 is 1.00 bits per heavy atom. The summed E-state index contributed by atoms with van der Waals surface area (Å²) in [6, 6.07) is 16.0. The molecule has 1 saturated heterocycles. The van der Waals surface area contributed by atoms with Crippen LogP contribution in [0.25, 0.3) is 0 Å². The van der Waals surface area contributed by atoms with E-state index in [2.05, 4.69) is 39.4 Å². The first kappa shape index (κ1) is 17.9. The van der Waals surface area contributed by atoms with Gasteiger partial charge in [-0.3, -0.25) is 19.8 Å². The molecule has 0 radical (unpaired) electrons. The molecule has 7 heteroatoms. The van der Waals surface area contributed by atoms with Crippen LogP contribution in [0.5, 0.6) is 0 Å². The van der Waals surface area contributed by atoms with E-state index < -0.39 is 4.92 Å². The molecule has 26 heavy (non-hydrogen) atoms. The zero-order valence-electron chi connectivity index (χ0n) is 14.5. The fraction of sp³-hybridized carbons (Fsp3) is 0.316. The number of nitro benzene ring substituents is 1. The number of non-ortho nitro benzene ring substituents is 1.